The standard InChI is InChI=1S/C19H22ClFN2O2/c1-3-4-5-25-18-9-16(21)12(7-17(18)24-2)6-13-10-22-19-15(13)8-14(20)11-23-19/h7-9,11,13H,3-6,10H2,1-2H3,(H,22,23). The lowest BCUT2D eigenvalue weighted by Gasteiger charge is -2.15. The molecule has 6 heteroatoms. The SMILES string of the molecule is CCCCOc1cc(F)c(CC2CNc3ncc(Cl)cc32)cc1OC. The van der Waals surface area contributed by atoms with Crippen LogP contribution in [-0.4, -0.2) is 25.2 Å². The highest BCUT2D eigenvalue weighted by Crippen LogP contribution is 2.37. The number of anilines is 1. The van der Waals surface area contributed by atoms with Crippen molar-refractivity contribution in [3.8, 4) is 11.5 Å². The van der Waals surface area contributed by atoms with E-state index in [-0.39, 0.29) is 11.7 Å². The zero-order chi connectivity index (χ0) is 17.8. The first-order chi connectivity index (χ1) is 12.1. The summed E-state index contributed by atoms with van der Waals surface area (Å²) in [6.45, 7) is 3.34. The number of hydrogen-bond acceptors (Lipinski definition) is 4. The average Bonchev–Trinajstić information content (AvgIpc) is 2.99. The monoisotopic (exact) mass is 364 g/mol. The molecule has 0 aliphatic carbocycles. The molecule has 3 rings (SSSR count). The predicted octanol–water partition coefficient (Wildman–Crippen LogP) is 4.81. The van der Waals surface area contributed by atoms with E-state index in [0.29, 0.717) is 41.7 Å². The largest absolute Gasteiger partial charge is 0.493 e. The number of halogens is 2. The molecule has 2 aromatic rings. The van der Waals surface area contributed by atoms with Crippen molar-refractivity contribution in [2.75, 3.05) is 25.6 Å². The molecule has 1 aliphatic heterocycles. The molecule has 1 aromatic carbocycles. The molecule has 4 nitrogen and oxygen atoms in total. The Morgan fingerprint density at radius 2 is 2.16 bits per heavy atom. The van der Waals surface area contributed by atoms with Crippen LogP contribution in [0.25, 0.3) is 0 Å². The van der Waals surface area contributed by atoms with Gasteiger partial charge in [-0.15, -0.1) is 0 Å². The summed E-state index contributed by atoms with van der Waals surface area (Å²) in [7, 11) is 1.57. The summed E-state index contributed by atoms with van der Waals surface area (Å²) < 4.78 is 25.6. The highest BCUT2D eigenvalue weighted by atomic mass is 35.5. The smallest absolute Gasteiger partial charge is 0.164 e. The van der Waals surface area contributed by atoms with Gasteiger partial charge in [-0.3, -0.25) is 0 Å². The molecule has 0 bridgehead atoms. The summed E-state index contributed by atoms with van der Waals surface area (Å²) in [5.74, 6) is 1.67. The average molecular weight is 365 g/mol. The van der Waals surface area contributed by atoms with E-state index in [0.717, 1.165) is 24.2 Å². The lowest BCUT2D eigenvalue weighted by atomic mass is 9.94. The van der Waals surface area contributed by atoms with Gasteiger partial charge in [0.15, 0.2) is 11.5 Å². The molecule has 2 heterocycles. The summed E-state index contributed by atoms with van der Waals surface area (Å²) in [4.78, 5) is 4.28. The van der Waals surface area contributed by atoms with Gasteiger partial charge >= 0.3 is 0 Å². The number of ether oxygens (including phenoxy) is 2. The van der Waals surface area contributed by atoms with Crippen LogP contribution in [0.3, 0.4) is 0 Å². The van der Waals surface area contributed by atoms with E-state index in [1.54, 1.807) is 19.4 Å². The fourth-order valence-electron chi connectivity index (χ4n) is 3.02. The molecule has 0 fully saturated rings. The van der Waals surface area contributed by atoms with Gasteiger partial charge in [0, 0.05) is 30.3 Å². The van der Waals surface area contributed by atoms with Crippen molar-refractivity contribution in [3.63, 3.8) is 0 Å². The van der Waals surface area contributed by atoms with Crippen LogP contribution in [0.15, 0.2) is 24.4 Å². The van der Waals surface area contributed by atoms with Gasteiger partial charge in [0.25, 0.3) is 0 Å². The Hall–Kier alpha value is -2.01. The number of unbranched alkanes of at least 4 members (excludes halogenated alkanes) is 1. The molecule has 0 saturated heterocycles. The van der Waals surface area contributed by atoms with Crippen molar-refractivity contribution in [2.45, 2.75) is 32.1 Å². The van der Waals surface area contributed by atoms with Gasteiger partial charge < -0.3 is 14.8 Å². The molecule has 134 valence electrons. The summed E-state index contributed by atoms with van der Waals surface area (Å²) >= 11 is 6.05. The number of hydrogen-bond donors (Lipinski definition) is 1. The number of rotatable bonds is 7. The molecule has 1 aromatic heterocycles. The highest BCUT2D eigenvalue weighted by molar-refractivity contribution is 6.30. The quantitative estimate of drug-likeness (QED) is 0.716. The Kier molecular flexibility index (Phi) is 5.63. The van der Waals surface area contributed by atoms with E-state index in [9.17, 15) is 4.39 Å². The maximum Gasteiger partial charge on any atom is 0.164 e. The predicted molar refractivity (Wildman–Crippen MR) is 97.5 cm³/mol. The summed E-state index contributed by atoms with van der Waals surface area (Å²) in [6.07, 6.45) is 4.10. The Bertz CT molecular complexity index is 754. The van der Waals surface area contributed by atoms with E-state index in [2.05, 4.69) is 17.2 Å². The van der Waals surface area contributed by atoms with E-state index >= 15 is 0 Å². The molecule has 1 aliphatic rings. The Balaban J connectivity index is 1.81. The molecule has 1 N–H and O–H groups in total. The number of benzene rings is 1. The van der Waals surface area contributed by atoms with Gasteiger partial charge in [-0.1, -0.05) is 24.9 Å². The number of fused-ring (bicyclic) bond motifs is 1. The third-order valence-electron chi connectivity index (χ3n) is 4.39. The molecular weight excluding hydrogens is 343 g/mol. The van der Waals surface area contributed by atoms with Crippen LogP contribution in [-0.2, 0) is 6.42 Å². The van der Waals surface area contributed by atoms with Crippen molar-refractivity contribution >= 4 is 17.4 Å². The second kappa shape index (κ2) is 7.91. The third-order valence-corrected chi connectivity index (χ3v) is 4.60. The molecule has 0 saturated carbocycles. The molecule has 0 spiro atoms. The molecule has 1 unspecified atom stereocenters. The lowest BCUT2D eigenvalue weighted by Crippen LogP contribution is -2.08. The Labute approximate surface area is 152 Å². The molecule has 0 amide bonds. The van der Waals surface area contributed by atoms with E-state index in [4.69, 9.17) is 21.1 Å². The van der Waals surface area contributed by atoms with Crippen molar-refractivity contribution in [3.05, 3.63) is 46.4 Å². The number of aromatic nitrogens is 1. The summed E-state index contributed by atoms with van der Waals surface area (Å²) in [6, 6.07) is 5.04. The fraction of sp³-hybridized carbons (Fsp3) is 0.421. The first-order valence-electron chi connectivity index (χ1n) is 8.51. The first-order valence-corrected chi connectivity index (χ1v) is 8.88. The van der Waals surface area contributed by atoms with Gasteiger partial charge in [0.1, 0.15) is 11.6 Å². The topological polar surface area (TPSA) is 43.4 Å². The number of nitrogens with zero attached hydrogens (tertiary/aromatic N) is 1. The van der Waals surface area contributed by atoms with Gasteiger partial charge in [-0.2, -0.15) is 0 Å². The maximum atomic E-state index is 14.6. The van der Waals surface area contributed by atoms with Crippen LogP contribution >= 0.6 is 11.6 Å². The Morgan fingerprint density at radius 3 is 2.92 bits per heavy atom. The van der Waals surface area contributed by atoms with Crippen LogP contribution in [0, 0.1) is 5.82 Å². The zero-order valence-electron chi connectivity index (χ0n) is 14.4. The van der Waals surface area contributed by atoms with Gasteiger partial charge in [-0.05, 0) is 30.5 Å². The molecular formula is C19H22ClFN2O2. The van der Waals surface area contributed by atoms with Crippen molar-refractivity contribution in [2.24, 2.45) is 0 Å². The van der Waals surface area contributed by atoms with Crippen molar-refractivity contribution < 1.29 is 13.9 Å². The second-order valence-electron chi connectivity index (χ2n) is 6.17. The van der Waals surface area contributed by atoms with Crippen LogP contribution in [0.2, 0.25) is 5.02 Å². The van der Waals surface area contributed by atoms with Crippen molar-refractivity contribution in [1.82, 2.24) is 4.98 Å². The summed E-state index contributed by atoms with van der Waals surface area (Å²) in [5, 5.41) is 3.83. The minimum atomic E-state index is -0.282. The van der Waals surface area contributed by atoms with E-state index < -0.39 is 0 Å². The molecule has 1 atom stereocenters. The first kappa shape index (κ1) is 17.8. The third kappa shape index (κ3) is 3.98. The van der Waals surface area contributed by atoms with Gasteiger partial charge in [-0.25, -0.2) is 9.37 Å². The fourth-order valence-corrected chi connectivity index (χ4v) is 3.19. The molecule has 25 heavy (non-hydrogen) atoms. The van der Waals surface area contributed by atoms with Crippen molar-refractivity contribution in [1.29, 1.82) is 0 Å². The lowest BCUT2D eigenvalue weighted by molar-refractivity contribution is 0.286. The zero-order valence-corrected chi connectivity index (χ0v) is 15.2. The normalized spacial score (nSPS) is 15.6. The minimum Gasteiger partial charge on any atom is -0.493 e. The second-order valence-corrected chi connectivity index (χ2v) is 6.61. The van der Waals surface area contributed by atoms with Gasteiger partial charge in [0.05, 0.1) is 18.7 Å². The van der Waals surface area contributed by atoms with Gasteiger partial charge in [0.2, 0.25) is 0 Å². The Morgan fingerprint density at radius 1 is 1.32 bits per heavy atom. The number of pyridine rings is 1. The number of nitrogens with one attached hydrogen (secondary N) is 1. The highest BCUT2D eigenvalue weighted by Gasteiger charge is 2.25. The van der Waals surface area contributed by atoms with Crippen LogP contribution < -0.4 is 14.8 Å². The maximum absolute atomic E-state index is 14.6. The van der Waals surface area contributed by atoms with Crippen LogP contribution in [0.1, 0.15) is 36.8 Å². The van der Waals surface area contributed by atoms with E-state index in [1.807, 2.05) is 6.07 Å². The minimum absolute atomic E-state index is 0.118. The van der Waals surface area contributed by atoms with Crippen LogP contribution in [0.5, 0.6) is 11.5 Å². The van der Waals surface area contributed by atoms with E-state index in [1.165, 1.54) is 6.07 Å². The van der Waals surface area contributed by atoms with Crippen LogP contribution in [0.4, 0.5) is 10.2 Å². The summed E-state index contributed by atoms with van der Waals surface area (Å²) in [5.41, 5.74) is 1.62. The molecule has 0 radical (unpaired) electrons. The number of methoxy groups -OCH3 is 1.